The van der Waals surface area contributed by atoms with E-state index in [4.69, 9.17) is 5.73 Å². The maximum Gasteiger partial charge on any atom is 0.253 e. The van der Waals surface area contributed by atoms with Crippen molar-refractivity contribution in [2.45, 2.75) is 13.0 Å². The summed E-state index contributed by atoms with van der Waals surface area (Å²) in [5.74, 6) is -0.277. The Bertz CT molecular complexity index is 656. The van der Waals surface area contributed by atoms with Gasteiger partial charge in [0.2, 0.25) is 0 Å². The molecule has 0 spiro atoms. The fraction of sp³-hybridized carbons (Fsp3) is 0.188. The first kappa shape index (κ1) is 15.8. The van der Waals surface area contributed by atoms with Gasteiger partial charge >= 0.3 is 0 Å². The molecule has 0 bridgehead atoms. The second-order valence-electron chi connectivity index (χ2n) is 4.81. The number of amides is 1. The van der Waals surface area contributed by atoms with Gasteiger partial charge in [0.25, 0.3) is 5.91 Å². The van der Waals surface area contributed by atoms with Crippen molar-refractivity contribution in [2.24, 2.45) is 0 Å². The second kappa shape index (κ2) is 6.91. The lowest BCUT2D eigenvalue weighted by atomic mass is 10.00. The molecule has 0 fully saturated rings. The van der Waals surface area contributed by atoms with E-state index in [1.54, 1.807) is 13.0 Å². The van der Waals surface area contributed by atoms with Crippen molar-refractivity contribution in [2.75, 3.05) is 12.3 Å². The molecule has 4 nitrogen and oxygen atoms in total. The molecule has 1 atom stereocenters. The first-order valence-electron chi connectivity index (χ1n) is 6.60. The number of para-hydroxylation sites is 1. The summed E-state index contributed by atoms with van der Waals surface area (Å²) < 4.78 is 1.07. The molecule has 2 aromatic rings. The van der Waals surface area contributed by atoms with Crippen LogP contribution >= 0.6 is 22.6 Å². The van der Waals surface area contributed by atoms with E-state index in [9.17, 15) is 9.90 Å². The zero-order chi connectivity index (χ0) is 15.4. The fourth-order valence-electron chi connectivity index (χ4n) is 2.01. The Balaban J connectivity index is 2.37. The van der Waals surface area contributed by atoms with Gasteiger partial charge in [0, 0.05) is 15.7 Å². The van der Waals surface area contributed by atoms with Gasteiger partial charge in [0.15, 0.2) is 0 Å². The average molecular weight is 396 g/mol. The first-order chi connectivity index (χ1) is 10.0. The normalized spacial score (nSPS) is 12.0. The first-order valence-corrected chi connectivity index (χ1v) is 7.68. The molecule has 4 N–H and O–H groups in total. The predicted molar refractivity (Wildman–Crippen MR) is 93.0 cm³/mol. The summed E-state index contributed by atoms with van der Waals surface area (Å²) in [4.78, 5) is 12.1. The quantitative estimate of drug-likeness (QED) is 0.550. The van der Waals surface area contributed by atoms with Gasteiger partial charge < -0.3 is 16.2 Å². The molecule has 1 unspecified atom stereocenters. The Morgan fingerprint density at radius 2 is 1.90 bits per heavy atom. The summed E-state index contributed by atoms with van der Waals surface area (Å²) in [6, 6.07) is 13.3. The molecule has 0 aromatic heterocycles. The van der Waals surface area contributed by atoms with Crippen molar-refractivity contribution in [3.05, 3.63) is 51.6 Å². The lowest BCUT2D eigenvalue weighted by molar-refractivity contribution is 0.0925. The minimum absolute atomic E-state index is 0.200. The maximum absolute atomic E-state index is 12.1. The Morgan fingerprint density at radius 1 is 1.24 bits per heavy atom. The number of nitrogens with two attached hydrogens (primary N) is 1. The Labute approximate surface area is 137 Å². The predicted octanol–water partition coefficient (Wildman–Crippen LogP) is 2.65. The Kier molecular flexibility index (Phi) is 5.19. The number of hydrogen-bond donors (Lipinski definition) is 3. The van der Waals surface area contributed by atoms with Gasteiger partial charge in [0.1, 0.15) is 0 Å². The van der Waals surface area contributed by atoms with E-state index < -0.39 is 6.10 Å². The number of rotatable bonds is 4. The molecule has 1 amide bonds. The second-order valence-corrected chi connectivity index (χ2v) is 5.97. The highest BCUT2D eigenvalue weighted by Gasteiger charge is 2.14. The number of nitrogens with one attached hydrogen (secondary N) is 1. The van der Waals surface area contributed by atoms with Gasteiger partial charge in [-0.05, 0) is 47.2 Å². The smallest absolute Gasteiger partial charge is 0.253 e. The van der Waals surface area contributed by atoms with E-state index in [0.29, 0.717) is 11.3 Å². The minimum Gasteiger partial charge on any atom is -0.398 e. The van der Waals surface area contributed by atoms with Crippen molar-refractivity contribution in [3.63, 3.8) is 0 Å². The van der Waals surface area contributed by atoms with Crippen molar-refractivity contribution in [3.8, 4) is 11.1 Å². The highest BCUT2D eigenvalue weighted by molar-refractivity contribution is 14.1. The summed E-state index contributed by atoms with van der Waals surface area (Å²) in [6.07, 6.45) is -0.589. The summed E-state index contributed by atoms with van der Waals surface area (Å²) >= 11 is 2.25. The summed E-state index contributed by atoms with van der Waals surface area (Å²) in [5, 5.41) is 11.9. The number of halogens is 1. The molecule has 21 heavy (non-hydrogen) atoms. The number of aliphatic hydroxyl groups excluding tert-OH is 1. The zero-order valence-corrected chi connectivity index (χ0v) is 13.8. The molecule has 0 aliphatic heterocycles. The summed E-state index contributed by atoms with van der Waals surface area (Å²) in [6.45, 7) is 1.82. The third-order valence-electron chi connectivity index (χ3n) is 3.07. The number of benzene rings is 2. The van der Waals surface area contributed by atoms with Crippen LogP contribution in [0.2, 0.25) is 0 Å². The third kappa shape index (κ3) is 3.74. The SMILES string of the molecule is CC(O)CNC(=O)c1cccc(-c2ccccc2I)c1N. The maximum atomic E-state index is 12.1. The van der Waals surface area contributed by atoms with Crippen molar-refractivity contribution < 1.29 is 9.90 Å². The van der Waals surface area contributed by atoms with Crippen LogP contribution in [0.15, 0.2) is 42.5 Å². The highest BCUT2D eigenvalue weighted by Crippen LogP contribution is 2.31. The molecule has 0 aliphatic carbocycles. The lowest BCUT2D eigenvalue weighted by Gasteiger charge is -2.13. The molecule has 2 aromatic carbocycles. The van der Waals surface area contributed by atoms with Gasteiger partial charge in [-0.2, -0.15) is 0 Å². The van der Waals surface area contributed by atoms with E-state index in [1.165, 1.54) is 0 Å². The minimum atomic E-state index is -0.589. The monoisotopic (exact) mass is 396 g/mol. The van der Waals surface area contributed by atoms with Crippen LogP contribution in [0.25, 0.3) is 11.1 Å². The summed E-state index contributed by atoms with van der Waals surface area (Å²) in [5.41, 5.74) is 8.88. The van der Waals surface area contributed by atoms with Gasteiger partial charge in [-0.3, -0.25) is 4.79 Å². The van der Waals surface area contributed by atoms with E-state index >= 15 is 0 Å². The van der Waals surface area contributed by atoms with Gasteiger partial charge in [-0.1, -0.05) is 30.3 Å². The Morgan fingerprint density at radius 3 is 2.57 bits per heavy atom. The van der Waals surface area contributed by atoms with E-state index in [2.05, 4.69) is 27.9 Å². The number of hydrogen-bond acceptors (Lipinski definition) is 3. The topological polar surface area (TPSA) is 75.3 Å². The van der Waals surface area contributed by atoms with Crippen molar-refractivity contribution >= 4 is 34.2 Å². The third-order valence-corrected chi connectivity index (χ3v) is 4.01. The van der Waals surface area contributed by atoms with E-state index in [0.717, 1.165) is 14.7 Å². The fourth-order valence-corrected chi connectivity index (χ4v) is 2.69. The summed E-state index contributed by atoms with van der Waals surface area (Å²) in [7, 11) is 0. The van der Waals surface area contributed by atoms with Crippen LogP contribution in [-0.2, 0) is 0 Å². The zero-order valence-electron chi connectivity index (χ0n) is 11.6. The number of nitrogen functional groups attached to an aromatic ring is 1. The lowest BCUT2D eigenvalue weighted by Crippen LogP contribution is -2.31. The van der Waals surface area contributed by atoms with Crippen LogP contribution in [0.3, 0.4) is 0 Å². The van der Waals surface area contributed by atoms with Crippen LogP contribution in [0, 0.1) is 3.57 Å². The standard InChI is InChI=1S/C16H17IN2O2/c1-10(20)9-19-16(21)13-7-4-6-12(15(13)18)11-5-2-3-8-14(11)17/h2-8,10,20H,9,18H2,1H3,(H,19,21). The Hall–Kier alpha value is -1.60. The van der Waals surface area contributed by atoms with Crippen molar-refractivity contribution in [1.82, 2.24) is 5.32 Å². The molecule has 5 heteroatoms. The van der Waals surface area contributed by atoms with Crippen LogP contribution in [0.4, 0.5) is 5.69 Å². The largest absolute Gasteiger partial charge is 0.398 e. The van der Waals surface area contributed by atoms with Crippen molar-refractivity contribution in [1.29, 1.82) is 0 Å². The molecule has 2 rings (SSSR count). The van der Waals surface area contributed by atoms with Gasteiger partial charge in [-0.25, -0.2) is 0 Å². The van der Waals surface area contributed by atoms with Crippen LogP contribution in [0.1, 0.15) is 17.3 Å². The molecular weight excluding hydrogens is 379 g/mol. The van der Waals surface area contributed by atoms with Crippen LogP contribution < -0.4 is 11.1 Å². The van der Waals surface area contributed by atoms with E-state index in [1.807, 2.05) is 36.4 Å². The highest BCUT2D eigenvalue weighted by atomic mass is 127. The molecule has 0 heterocycles. The molecule has 0 saturated heterocycles. The van der Waals surface area contributed by atoms with E-state index in [-0.39, 0.29) is 12.5 Å². The molecule has 110 valence electrons. The van der Waals surface area contributed by atoms with Gasteiger partial charge in [0.05, 0.1) is 17.4 Å². The van der Waals surface area contributed by atoms with Gasteiger partial charge in [-0.15, -0.1) is 0 Å². The number of anilines is 1. The van der Waals surface area contributed by atoms with Crippen LogP contribution in [-0.4, -0.2) is 23.7 Å². The molecule has 0 aliphatic rings. The average Bonchev–Trinajstić information content (AvgIpc) is 2.46. The molecule has 0 radical (unpaired) electrons. The number of aliphatic hydroxyl groups is 1. The molecule has 0 saturated carbocycles. The van der Waals surface area contributed by atoms with Crippen LogP contribution in [0.5, 0.6) is 0 Å². The molecular formula is C16H17IN2O2. The number of carbonyl (C=O) groups is 1. The number of carbonyl (C=O) groups excluding carboxylic acids is 1.